The van der Waals surface area contributed by atoms with E-state index in [4.69, 9.17) is 5.84 Å². The van der Waals surface area contributed by atoms with Crippen LogP contribution in [0.1, 0.15) is 6.92 Å². The number of ether oxygens (including phenoxy) is 1. The zero-order chi connectivity index (χ0) is 7.28. The van der Waals surface area contributed by atoms with Crippen molar-refractivity contribution in [1.82, 2.24) is 5.01 Å². The van der Waals surface area contributed by atoms with Crippen LogP contribution in [0.4, 0.5) is 0 Å². The maximum atomic E-state index is 10.5. The lowest BCUT2D eigenvalue weighted by Crippen LogP contribution is -2.32. The van der Waals surface area contributed by atoms with Crippen LogP contribution in [0.5, 0.6) is 0 Å². The summed E-state index contributed by atoms with van der Waals surface area (Å²) < 4.78 is 4.59. The number of rotatable bonds is 3. The van der Waals surface area contributed by atoms with Crippen molar-refractivity contribution in [3.63, 3.8) is 0 Å². The van der Waals surface area contributed by atoms with Gasteiger partial charge >= 0.3 is 5.97 Å². The SMILES string of the molecule is CCOC(=O)CN(C)N.Cl. The highest BCUT2D eigenvalue weighted by Crippen LogP contribution is 1.77. The van der Waals surface area contributed by atoms with Crippen molar-refractivity contribution < 1.29 is 9.53 Å². The second kappa shape index (κ2) is 6.80. The van der Waals surface area contributed by atoms with E-state index < -0.39 is 0 Å². The van der Waals surface area contributed by atoms with E-state index in [-0.39, 0.29) is 24.9 Å². The molecule has 0 amide bonds. The van der Waals surface area contributed by atoms with Crippen LogP contribution < -0.4 is 5.84 Å². The van der Waals surface area contributed by atoms with Gasteiger partial charge in [0.05, 0.1) is 6.61 Å². The van der Waals surface area contributed by atoms with Crippen molar-refractivity contribution >= 4 is 18.4 Å². The summed E-state index contributed by atoms with van der Waals surface area (Å²) in [4.78, 5) is 10.5. The maximum absolute atomic E-state index is 10.5. The fourth-order valence-electron chi connectivity index (χ4n) is 0.410. The second-order valence-corrected chi connectivity index (χ2v) is 1.72. The predicted octanol–water partition coefficient (Wildman–Crippen LogP) is -0.223. The standard InChI is InChI=1S/C5H12N2O2.ClH/c1-3-9-5(8)4-7(2)6;/h3-4,6H2,1-2H3;1H. The number of halogens is 1. The van der Waals surface area contributed by atoms with Gasteiger partial charge in [-0.25, -0.2) is 5.01 Å². The summed E-state index contributed by atoms with van der Waals surface area (Å²) in [5.41, 5.74) is 0. The van der Waals surface area contributed by atoms with Crippen LogP contribution in [0.2, 0.25) is 0 Å². The number of hydrazine groups is 1. The molecule has 0 saturated heterocycles. The summed E-state index contributed by atoms with van der Waals surface area (Å²) in [6, 6.07) is 0. The minimum Gasteiger partial charge on any atom is -0.465 e. The van der Waals surface area contributed by atoms with Gasteiger partial charge in [0.25, 0.3) is 0 Å². The topological polar surface area (TPSA) is 55.6 Å². The van der Waals surface area contributed by atoms with Gasteiger partial charge in [-0.1, -0.05) is 0 Å². The normalized spacial score (nSPS) is 8.80. The molecule has 0 aliphatic rings. The number of carbonyl (C=O) groups excluding carboxylic acids is 1. The quantitative estimate of drug-likeness (QED) is 0.360. The Labute approximate surface area is 66.7 Å². The molecule has 0 bridgehead atoms. The van der Waals surface area contributed by atoms with Crippen LogP contribution in [-0.2, 0) is 9.53 Å². The lowest BCUT2D eigenvalue weighted by atomic mass is 10.6. The molecule has 0 aliphatic carbocycles. The van der Waals surface area contributed by atoms with Gasteiger partial charge in [0.1, 0.15) is 6.54 Å². The van der Waals surface area contributed by atoms with Crippen molar-refractivity contribution in [2.75, 3.05) is 20.2 Å². The van der Waals surface area contributed by atoms with Gasteiger partial charge < -0.3 is 4.74 Å². The molecule has 10 heavy (non-hydrogen) atoms. The minimum atomic E-state index is -0.289. The molecule has 0 aromatic heterocycles. The summed E-state index contributed by atoms with van der Waals surface area (Å²) in [6.07, 6.45) is 0. The van der Waals surface area contributed by atoms with Crippen LogP contribution in [0, 0.1) is 0 Å². The van der Waals surface area contributed by atoms with Crippen LogP contribution >= 0.6 is 12.4 Å². The number of hydrogen-bond donors (Lipinski definition) is 1. The van der Waals surface area contributed by atoms with E-state index in [1.165, 1.54) is 5.01 Å². The van der Waals surface area contributed by atoms with Gasteiger partial charge in [0.15, 0.2) is 0 Å². The number of esters is 1. The zero-order valence-electron chi connectivity index (χ0n) is 6.16. The largest absolute Gasteiger partial charge is 0.465 e. The molecular weight excluding hydrogens is 156 g/mol. The first-order valence-electron chi connectivity index (χ1n) is 2.78. The van der Waals surface area contributed by atoms with Crippen molar-refractivity contribution in [1.29, 1.82) is 0 Å². The van der Waals surface area contributed by atoms with E-state index in [1.807, 2.05) is 0 Å². The molecule has 2 N–H and O–H groups in total. The van der Waals surface area contributed by atoms with Crippen LogP contribution in [0.15, 0.2) is 0 Å². The highest BCUT2D eigenvalue weighted by atomic mass is 35.5. The Kier molecular flexibility index (Phi) is 8.40. The first-order chi connectivity index (χ1) is 4.16. The Bertz CT molecular complexity index is 97.6. The smallest absolute Gasteiger partial charge is 0.321 e. The fraction of sp³-hybridized carbons (Fsp3) is 0.800. The Balaban J connectivity index is 0. The molecule has 0 spiro atoms. The molecule has 0 radical (unpaired) electrons. The monoisotopic (exact) mass is 168 g/mol. The Hall–Kier alpha value is -0.320. The molecule has 0 rings (SSSR count). The fourth-order valence-corrected chi connectivity index (χ4v) is 0.410. The Morgan fingerprint density at radius 3 is 2.50 bits per heavy atom. The molecule has 4 nitrogen and oxygen atoms in total. The summed E-state index contributed by atoms with van der Waals surface area (Å²) in [5, 5.41) is 1.28. The molecular formula is C5H13ClN2O2. The molecule has 62 valence electrons. The number of likely N-dealkylation sites (N-methyl/N-ethyl adjacent to an activating group) is 1. The third kappa shape index (κ3) is 7.68. The first-order valence-corrected chi connectivity index (χ1v) is 2.78. The summed E-state index contributed by atoms with van der Waals surface area (Å²) >= 11 is 0. The average Bonchev–Trinajstić information content (AvgIpc) is 1.63. The van der Waals surface area contributed by atoms with E-state index in [2.05, 4.69) is 4.74 Å². The second-order valence-electron chi connectivity index (χ2n) is 1.72. The number of nitrogens with zero attached hydrogens (tertiary/aromatic N) is 1. The van der Waals surface area contributed by atoms with E-state index in [0.717, 1.165) is 0 Å². The van der Waals surface area contributed by atoms with Gasteiger partial charge in [-0.15, -0.1) is 12.4 Å². The van der Waals surface area contributed by atoms with Gasteiger partial charge in [0.2, 0.25) is 0 Å². The van der Waals surface area contributed by atoms with E-state index in [0.29, 0.717) is 6.61 Å². The molecule has 0 heterocycles. The summed E-state index contributed by atoms with van der Waals surface area (Å²) in [6.45, 7) is 2.31. The van der Waals surface area contributed by atoms with E-state index in [1.54, 1.807) is 14.0 Å². The third-order valence-electron chi connectivity index (χ3n) is 0.684. The summed E-state index contributed by atoms with van der Waals surface area (Å²) in [7, 11) is 1.61. The predicted molar refractivity (Wildman–Crippen MR) is 40.7 cm³/mol. The van der Waals surface area contributed by atoms with Gasteiger partial charge in [-0.3, -0.25) is 10.6 Å². The Morgan fingerprint density at radius 2 is 2.20 bits per heavy atom. The Morgan fingerprint density at radius 1 is 1.70 bits per heavy atom. The van der Waals surface area contributed by atoms with Gasteiger partial charge in [0, 0.05) is 7.05 Å². The number of nitrogens with two attached hydrogens (primary N) is 1. The molecule has 0 saturated carbocycles. The van der Waals surface area contributed by atoms with Crippen molar-refractivity contribution in [2.24, 2.45) is 5.84 Å². The van der Waals surface area contributed by atoms with Gasteiger partial charge in [-0.05, 0) is 6.92 Å². The third-order valence-corrected chi connectivity index (χ3v) is 0.684. The van der Waals surface area contributed by atoms with E-state index in [9.17, 15) is 4.79 Å². The number of hydrogen-bond acceptors (Lipinski definition) is 4. The zero-order valence-corrected chi connectivity index (χ0v) is 6.98. The lowest BCUT2D eigenvalue weighted by molar-refractivity contribution is -0.144. The average molecular weight is 169 g/mol. The maximum Gasteiger partial charge on any atom is 0.321 e. The van der Waals surface area contributed by atoms with Crippen LogP contribution in [0.3, 0.4) is 0 Å². The minimum absolute atomic E-state index is 0. The number of carbonyl (C=O) groups is 1. The van der Waals surface area contributed by atoms with Crippen LogP contribution in [0.25, 0.3) is 0 Å². The lowest BCUT2D eigenvalue weighted by Gasteiger charge is -2.06. The molecule has 0 aliphatic heterocycles. The van der Waals surface area contributed by atoms with Crippen molar-refractivity contribution in [3.05, 3.63) is 0 Å². The molecule has 0 aromatic rings. The molecule has 0 aromatic carbocycles. The van der Waals surface area contributed by atoms with Crippen molar-refractivity contribution in [3.8, 4) is 0 Å². The summed E-state index contributed by atoms with van der Waals surface area (Å²) in [5.74, 6) is 4.87. The molecule has 0 atom stereocenters. The van der Waals surface area contributed by atoms with Crippen LogP contribution in [-0.4, -0.2) is 31.2 Å². The molecule has 5 heteroatoms. The van der Waals surface area contributed by atoms with E-state index >= 15 is 0 Å². The highest BCUT2D eigenvalue weighted by molar-refractivity contribution is 5.85. The van der Waals surface area contributed by atoms with Gasteiger partial charge in [-0.2, -0.15) is 0 Å². The molecule has 0 fully saturated rings. The van der Waals surface area contributed by atoms with Crippen molar-refractivity contribution in [2.45, 2.75) is 6.92 Å². The highest BCUT2D eigenvalue weighted by Gasteiger charge is 2.01. The molecule has 0 unspecified atom stereocenters. The first kappa shape index (κ1) is 12.4.